The molecular formula is C69H131NO13. The van der Waals surface area contributed by atoms with Crippen molar-refractivity contribution in [3.05, 3.63) is 24.3 Å². The summed E-state index contributed by atoms with van der Waals surface area (Å²) in [5.41, 5.74) is 0. The van der Waals surface area contributed by atoms with Crippen LogP contribution in [0.3, 0.4) is 0 Å². The minimum absolute atomic E-state index is 0.234. The van der Waals surface area contributed by atoms with Crippen LogP contribution in [0.25, 0.3) is 0 Å². The van der Waals surface area contributed by atoms with Gasteiger partial charge in [0, 0.05) is 6.42 Å². The Kier molecular flexibility index (Phi) is 51.0. The van der Waals surface area contributed by atoms with E-state index in [1.54, 1.807) is 6.08 Å². The fourth-order valence-corrected chi connectivity index (χ4v) is 11.8. The molecular weight excluding hydrogens is 1050 g/mol. The van der Waals surface area contributed by atoms with E-state index in [4.69, 9.17) is 18.9 Å². The minimum atomic E-state index is -1.79. The topological polar surface area (TPSA) is 228 Å². The first-order valence-corrected chi connectivity index (χ1v) is 35.1. The van der Waals surface area contributed by atoms with Crippen LogP contribution in [0.5, 0.6) is 0 Å². The normalized spacial score (nSPS) is 23.9. The summed E-state index contributed by atoms with van der Waals surface area (Å²) in [5.74, 6) is -0.234. The Balaban J connectivity index is 1.55. The number of hydrogen-bond acceptors (Lipinski definition) is 13. The molecule has 14 heteroatoms. The maximum atomic E-state index is 13.3. The summed E-state index contributed by atoms with van der Waals surface area (Å²) >= 11 is 0. The van der Waals surface area contributed by atoms with E-state index in [0.29, 0.717) is 6.42 Å². The van der Waals surface area contributed by atoms with Crippen LogP contribution in [0.2, 0.25) is 0 Å². The van der Waals surface area contributed by atoms with Crippen LogP contribution in [0.4, 0.5) is 0 Å². The van der Waals surface area contributed by atoms with Gasteiger partial charge in [-0.25, -0.2) is 0 Å². The van der Waals surface area contributed by atoms with Gasteiger partial charge in [-0.1, -0.05) is 289 Å². The molecule has 14 nitrogen and oxygen atoms in total. The van der Waals surface area contributed by atoms with Crippen molar-refractivity contribution in [2.24, 2.45) is 0 Å². The number of unbranched alkanes of at least 4 members (excludes halogenated alkanes) is 43. The summed E-state index contributed by atoms with van der Waals surface area (Å²) in [6.45, 7) is 2.82. The first-order valence-electron chi connectivity index (χ1n) is 35.1. The third kappa shape index (κ3) is 39.2. The summed E-state index contributed by atoms with van der Waals surface area (Å²) < 4.78 is 22.8. The Morgan fingerprint density at radius 3 is 1.14 bits per heavy atom. The Bertz CT molecular complexity index is 1490. The Hall–Kier alpha value is -1.53. The lowest BCUT2D eigenvalue weighted by atomic mass is 9.97. The van der Waals surface area contributed by atoms with Crippen molar-refractivity contribution >= 4 is 5.91 Å². The molecule has 2 rings (SSSR count). The van der Waals surface area contributed by atoms with E-state index in [2.05, 4.69) is 31.3 Å². The summed E-state index contributed by atoms with van der Waals surface area (Å²) in [6.07, 6.45) is 51.3. The average Bonchev–Trinajstić information content (AvgIpc) is 3.58. The van der Waals surface area contributed by atoms with Gasteiger partial charge in [0.2, 0.25) is 5.91 Å². The van der Waals surface area contributed by atoms with Crippen molar-refractivity contribution in [3.63, 3.8) is 0 Å². The molecule has 0 spiro atoms. The second-order valence-electron chi connectivity index (χ2n) is 25.0. The van der Waals surface area contributed by atoms with Gasteiger partial charge in [-0.15, -0.1) is 0 Å². The Morgan fingerprint density at radius 1 is 0.422 bits per heavy atom. The second kappa shape index (κ2) is 54.6. The molecule has 12 unspecified atom stereocenters. The van der Waals surface area contributed by atoms with E-state index in [0.717, 1.165) is 38.5 Å². The first kappa shape index (κ1) is 77.6. The van der Waals surface area contributed by atoms with Gasteiger partial charge in [0.05, 0.1) is 32.0 Å². The van der Waals surface area contributed by atoms with Gasteiger partial charge in [-0.2, -0.15) is 0 Å². The largest absolute Gasteiger partial charge is 0.394 e. The molecule has 0 bridgehead atoms. The van der Waals surface area contributed by atoms with E-state index in [9.17, 15) is 45.6 Å². The number of carbonyl (C=O) groups excluding carboxylic acids is 1. The number of nitrogens with one attached hydrogen (secondary N) is 1. The number of aliphatic hydroxyl groups excluding tert-OH is 8. The van der Waals surface area contributed by atoms with E-state index in [1.807, 2.05) is 6.08 Å². The van der Waals surface area contributed by atoms with Gasteiger partial charge in [0.15, 0.2) is 12.6 Å². The van der Waals surface area contributed by atoms with Gasteiger partial charge >= 0.3 is 0 Å². The van der Waals surface area contributed by atoms with Crippen LogP contribution < -0.4 is 5.32 Å². The Labute approximate surface area is 507 Å². The molecule has 1 amide bonds. The molecule has 2 aliphatic heterocycles. The highest BCUT2D eigenvalue weighted by Gasteiger charge is 2.51. The number of aliphatic hydroxyl groups is 8. The lowest BCUT2D eigenvalue weighted by molar-refractivity contribution is -0.359. The SMILES string of the molecule is CCCCCCCCCC/C=C\CCCCCCCCCCCCCCCCCCCCCCCCCCCC(=O)NC(COC1OC(CO)C(OC2OC(CO)C(O)C(O)C2O)C(O)C1O)C(O)/C=C/CCCCCCCCCCCC. The average molecular weight is 1180 g/mol. The molecule has 2 aliphatic rings. The van der Waals surface area contributed by atoms with Crippen LogP contribution >= 0.6 is 0 Å². The third-order valence-electron chi connectivity index (χ3n) is 17.4. The summed E-state index contributed by atoms with van der Waals surface area (Å²) in [4.78, 5) is 13.3. The van der Waals surface area contributed by atoms with Gasteiger partial charge in [0.1, 0.15) is 48.8 Å². The van der Waals surface area contributed by atoms with E-state index in [-0.39, 0.29) is 18.9 Å². The summed E-state index contributed by atoms with van der Waals surface area (Å²) in [5, 5.41) is 87.1. The zero-order valence-electron chi connectivity index (χ0n) is 53.2. The smallest absolute Gasteiger partial charge is 0.220 e. The molecule has 9 N–H and O–H groups in total. The highest BCUT2D eigenvalue weighted by Crippen LogP contribution is 2.30. The standard InChI is InChI=1S/C69H131NO13/c1-3-5-7-9-11-13-15-17-18-19-20-21-22-23-24-25-26-27-28-29-30-31-32-33-34-35-36-37-38-39-40-41-43-45-47-49-51-53-61(74)70-57(58(73)52-50-48-46-44-42-16-14-12-10-8-6-4-2)56-80-68-66(79)64(77)67(60(55-72)82-68)83-69-65(78)63(76)62(75)59(54-71)81-69/h19-20,50,52,57-60,62-69,71-73,75-79H,3-18,21-49,51,53-56H2,1-2H3,(H,70,74)/b20-19-,52-50+. The lowest BCUT2D eigenvalue weighted by Gasteiger charge is -2.46. The molecule has 490 valence electrons. The number of hydrogen-bond donors (Lipinski definition) is 9. The van der Waals surface area contributed by atoms with Crippen molar-refractivity contribution in [3.8, 4) is 0 Å². The Morgan fingerprint density at radius 2 is 0.759 bits per heavy atom. The first-order chi connectivity index (χ1) is 40.6. The van der Waals surface area contributed by atoms with E-state index >= 15 is 0 Å². The molecule has 83 heavy (non-hydrogen) atoms. The zero-order chi connectivity index (χ0) is 60.2. The van der Waals surface area contributed by atoms with Crippen molar-refractivity contribution < 1.29 is 64.6 Å². The van der Waals surface area contributed by atoms with E-state index in [1.165, 1.54) is 250 Å². The maximum absolute atomic E-state index is 13.3. The van der Waals surface area contributed by atoms with Crippen molar-refractivity contribution in [1.82, 2.24) is 5.32 Å². The van der Waals surface area contributed by atoms with Crippen LogP contribution in [0.15, 0.2) is 24.3 Å². The predicted molar refractivity (Wildman–Crippen MR) is 337 cm³/mol. The monoisotopic (exact) mass is 1180 g/mol. The fourth-order valence-electron chi connectivity index (χ4n) is 11.8. The van der Waals surface area contributed by atoms with Gasteiger partial charge in [0.25, 0.3) is 0 Å². The van der Waals surface area contributed by atoms with Crippen LogP contribution in [0.1, 0.15) is 316 Å². The fraction of sp³-hybridized carbons (Fsp3) is 0.928. The van der Waals surface area contributed by atoms with Crippen molar-refractivity contribution in [2.45, 2.75) is 389 Å². The summed E-state index contributed by atoms with van der Waals surface area (Å²) in [6, 6.07) is -0.910. The molecule has 0 saturated carbocycles. The highest BCUT2D eigenvalue weighted by molar-refractivity contribution is 5.76. The van der Waals surface area contributed by atoms with E-state index < -0.39 is 86.8 Å². The quantitative estimate of drug-likeness (QED) is 0.0204. The van der Waals surface area contributed by atoms with Crippen molar-refractivity contribution in [2.75, 3.05) is 19.8 Å². The van der Waals surface area contributed by atoms with Crippen LogP contribution in [0, 0.1) is 0 Å². The van der Waals surface area contributed by atoms with Crippen molar-refractivity contribution in [1.29, 1.82) is 0 Å². The molecule has 2 heterocycles. The van der Waals surface area contributed by atoms with Gasteiger partial charge in [-0.3, -0.25) is 4.79 Å². The minimum Gasteiger partial charge on any atom is -0.394 e. The number of carbonyl (C=O) groups is 1. The second-order valence-corrected chi connectivity index (χ2v) is 25.0. The lowest BCUT2D eigenvalue weighted by Crippen LogP contribution is -2.65. The molecule has 2 saturated heterocycles. The van der Waals surface area contributed by atoms with Crippen LogP contribution in [-0.4, -0.2) is 140 Å². The van der Waals surface area contributed by atoms with Crippen LogP contribution in [-0.2, 0) is 23.7 Å². The van der Waals surface area contributed by atoms with Gasteiger partial charge in [-0.05, 0) is 44.9 Å². The maximum Gasteiger partial charge on any atom is 0.220 e. The predicted octanol–water partition coefficient (Wildman–Crippen LogP) is 14.0. The number of ether oxygens (including phenoxy) is 4. The molecule has 12 atom stereocenters. The van der Waals surface area contributed by atoms with Gasteiger partial charge < -0.3 is 65.1 Å². The number of rotatable bonds is 58. The molecule has 0 radical (unpaired) electrons. The molecule has 0 aromatic heterocycles. The number of amides is 1. The molecule has 0 aromatic carbocycles. The molecule has 0 aliphatic carbocycles. The summed E-state index contributed by atoms with van der Waals surface area (Å²) in [7, 11) is 0. The number of allylic oxidation sites excluding steroid dienone is 3. The molecule has 2 fully saturated rings. The zero-order valence-corrected chi connectivity index (χ0v) is 53.2. The molecule has 0 aromatic rings. The third-order valence-corrected chi connectivity index (χ3v) is 17.4. The highest BCUT2D eigenvalue weighted by atomic mass is 16.7.